The Hall–Kier alpha value is -0.570. The Kier molecular flexibility index (Phi) is 2.49. The summed E-state index contributed by atoms with van der Waals surface area (Å²) in [5, 5.41) is 0. The summed E-state index contributed by atoms with van der Waals surface area (Å²) in [6.45, 7) is 3.52. The summed E-state index contributed by atoms with van der Waals surface area (Å²) < 4.78 is 18.4. The maximum atomic E-state index is 12.8. The molecule has 1 rings (SSSR count). The van der Waals surface area contributed by atoms with Crippen LogP contribution in [0.15, 0.2) is 16.6 Å². The van der Waals surface area contributed by atoms with Gasteiger partial charge in [-0.05, 0) is 35.0 Å². The number of ether oxygens (including phenoxy) is 1. The zero-order valence-electron chi connectivity index (χ0n) is 6.03. The Morgan fingerprint density at radius 3 is 2.64 bits per heavy atom. The average molecular weight is 218 g/mol. The van der Waals surface area contributed by atoms with Crippen molar-refractivity contribution in [2.45, 2.75) is 0 Å². The van der Waals surface area contributed by atoms with E-state index in [1.807, 2.05) is 0 Å². The summed E-state index contributed by atoms with van der Waals surface area (Å²) in [6.07, 6.45) is 0. The molecule has 0 aromatic heterocycles. The first kappa shape index (κ1) is 8.53. The van der Waals surface area contributed by atoms with Gasteiger partial charge >= 0.3 is 0 Å². The lowest BCUT2D eigenvalue weighted by molar-refractivity contribution is 0.406. The minimum absolute atomic E-state index is 0.280. The van der Waals surface area contributed by atoms with Crippen LogP contribution in [0.2, 0.25) is 0 Å². The van der Waals surface area contributed by atoms with Gasteiger partial charge in [0.25, 0.3) is 0 Å². The molecule has 11 heavy (non-hydrogen) atoms. The highest BCUT2D eigenvalue weighted by Gasteiger charge is 2.07. The van der Waals surface area contributed by atoms with E-state index in [4.69, 9.17) is 4.74 Å². The monoisotopic (exact) mass is 217 g/mol. The number of benzene rings is 1. The molecule has 0 aliphatic heterocycles. The Morgan fingerprint density at radius 2 is 2.18 bits per heavy atom. The van der Waals surface area contributed by atoms with Crippen molar-refractivity contribution in [3.8, 4) is 5.75 Å². The van der Waals surface area contributed by atoms with Crippen LogP contribution in [0.1, 0.15) is 5.56 Å². The van der Waals surface area contributed by atoms with Crippen LogP contribution >= 0.6 is 15.9 Å². The third-order valence-electron chi connectivity index (χ3n) is 1.36. The molecule has 59 valence electrons. The zero-order chi connectivity index (χ0) is 8.43. The predicted molar refractivity (Wildman–Crippen MR) is 45.1 cm³/mol. The second-order valence-electron chi connectivity index (χ2n) is 2.04. The lowest BCUT2D eigenvalue weighted by atomic mass is 10.2. The molecule has 0 unspecified atom stereocenters. The number of hydrogen-bond acceptors (Lipinski definition) is 1. The van der Waals surface area contributed by atoms with Gasteiger partial charge < -0.3 is 4.74 Å². The SMILES string of the molecule is [CH2]c1c(F)ccc(Br)c1OC. The maximum Gasteiger partial charge on any atom is 0.139 e. The van der Waals surface area contributed by atoms with Crippen molar-refractivity contribution in [1.29, 1.82) is 0 Å². The Balaban J connectivity index is 3.29. The molecule has 3 heteroatoms. The van der Waals surface area contributed by atoms with Crippen LogP contribution in [-0.2, 0) is 0 Å². The van der Waals surface area contributed by atoms with Crippen molar-refractivity contribution in [1.82, 2.24) is 0 Å². The van der Waals surface area contributed by atoms with Crippen LogP contribution in [0.4, 0.5) is 4.39 Å². The molecule has 0 N–H and O–H groups in total. The van der Waals surface area contributed by atoms with Crippen LogP contribution in [0.3, 0.4) is 0 Å². The minimum atomic E-state index is -0.356. The van der Waals surface area contributed by atoms with E-state index in [1.165, 1.54) is 13.2 Å². The quantitative estimate of drug-likeness (QED) is 0.704. The lowest BCUT2D eigenvalue weighted by Crippen LogP contribution is -1.91. The van der Waals surface area contributed by atoms with Crippen molar-refractivity contribution in [3.63, 3.8) is 0 Å². The zero-order valence-corrected chi connectivity index (χ0v) is 7.61. The van der Waals surface area contributed by atoms with Gasteiger partial charge in [0, 0.05) is 5.56 Å². The fraction of sp³-hybridized carbons (Fsp3) is 0.125. The van der Waals surface area contributed by atoms with Gasteiger partial charge in [0.05, 0.1) is 11.6 Å². The molecule has 0 fully saturated rings. The van der Waals surface area contributed by atoms with Crippen molar-refractivity contribution in [3.05, 3.63) is 34.9 Å². The number of rotatable bonds is 1. The van der Waals surface area contributed by atoms with Crippen LogP contribution < -0.4 is 4.74 Å². The molecule has 0 amide bonds. The van der Waals surface area contributed by atoms with Crippen molar-refractivity contribution in [2.75, 3.05) is 7.11 Å². The minimum Gasteiger partial charge on any atom is -0.495 e. The summed E-state index contributed by atoms with van der Waals surface area (Å²) in [6, 6.07) is 2.93. The number of hydrogen-bond donors (Lipinski definition) is 0. The van der Waals surface area contributed by atoms with E-state index in [-0.39, 0.29) is 11.4 Å². The Labute approximate surface area is 73.3 Å². The standard InChI is InChI=1S/C8H7BrFO/c1-5-7(10)4-3-6(9)8(5)11-2/h3-4H,1H2,2H3. The smallest absolute Gasteiger partial charge is 0.139 e. The first-order valence-electron chi connectivity index (χ1n) is 3.00. The highest BCUT2D eigenvalue weighted by atomic mass is 79.9. The summed E-state index contributed by atoms with van der Waals surface area (Å²) in [5.74, 6) is 0.0926. The molecular weight excluding hydrogens is 211 g/mol. The highest BCUT2D eigenvalue weighted by Crippen LogP contribution is 2.29. The van der Waals surface area contributed by atoms with Gasteiger partial charge in [-0.1, -0.05) is 0 Å². The molecule has 0 spiro atoms. The van der Waals surface area contributed by atoms with Crippen molar-refractivity contribution < 1.29 is 9.13 Å². The topological polar surface area (TPSA) is 9.23 Å². The third-order valence-corrected chi connectivity index (χ3v) is 1.98. The summed E-state index contributed by atoms with van der Waals surface area (Å²) >= 11 is 3.21. The van der Waals surface area contributed by atoms with E-state index in [0.29, 0.717) is 10.2 Å². The van der Waals surface area contributed by atoms with Gasteiger partial charge in [-0.2, -0.15) is 0 Å². The second-order valence-corrected chi connectivity index (χ2v) is 2.90. The van der Waals surface area contributed by atoms with Crippen molar-refractivity contribution in [2.24, 2.45) is 0 Å². The summed E-state index contributed by atoms with van der Waals surface area (Å²) in [4.78, 5) is 0. The molecule has 0 aliphatic carbocycles. The molecule has 0 heterocycles. The third kappa shape index (κ3) is 1.53. The molecule has 0 saturated heterocycles. The molecular formula is C8H7BrFO. The predicted octanol–water partition coefficient (Wildman–Crippen LogP) is 2.78. The van der Waals surface area contributed by atoms with Gasteiger partial charge in [0.2, 0.25) is 0 Å². The van der Waals surface area contributed by atoms with E-state index in [2.05, 4.69) is 22.9 Å². The highest BCUT2D eigenvalue weighted by molar-refractivity contribution is 9.10. The lowest BCUT2D eigenvalue weighted by Gasteiger charge is -2.06. The number of halogens is 2. The van der Waals surface area contributed by atoms with E-state index in [9.17, 15) is 4.39 Å². The summed E-state index contributed by atoms with van der Waals surface area (Å²) in [7, 11) is 1.48. The largest absolute Gasteiger partial charge is 0.495 e. The first-order chi connectivity index (χ1) is 5.16. The van der Waals surface area contributed by atoms with Crippen LogP contribution in [0.25, 0.3) is 0 Å². The van der Waals surface area contributed by atoms with Crippen molar-refractivity contribution >= 4 is 15.9 Å². The van der Waals surface area contributed by atoms with Crippen LogP contribution in [0.5, 0.6) is 5.75 Å². The van der Waals surface area contributed by atoms with Gasteiger partial charge in [-0.3, -0.25) is 0 Å². The van der Waals surface area contributed by atoms with Gasteiger partial charge in [0.1, 0.15) is 11.6 Å². The maximum absolute atomic E-state index is 12.8. The molecule has 0 atom stereocenters. The molecule has 0 aliphatic rings. The first-order valence-corrected chi connectivity index (χ1v) is 3.80. The molecule has 1 radical (unpaired) electrons. The van der Waals surface area contributed by atoms with E-state index < -0.39 is 0 Å². The molecule has 1 aromatic carbocycles. The molecule has 0 bridgehead atoms. The van der Waals surface area contributed by atoms with Gasteiger partial charge in [-0.25, -0.2) is 4.39 Å². The average Bonchev–Trinajstić information content (AvgIpc) is 1.99. The second kappa shape index (κ2) is 3.22. The van der Waals surface area contributed by atoms with E-state index in [1.54, 1.807) is 6.07 Å². The van der Waals surface area contributed by atoms with Crippen LogP contribution in [0, 0.1) is 12.7 Å². The molecule has 0 saturated carbocycles. The van der Waals surface area contributed by atoms with Gasteiger partial charge in [-0.15, -0.1) is 0 Å². The van der Waals surface area contributed by atoms with Crippen LogP contribution in [-0.4, -0.2) is 7.11 Å². The fourth-order valence-electron chi connectivity index (χ4n) is 0.796. The summed E-state index contributed by atoms with van der Waals surface area (Å²) in [5.41, 5.74) is 0.280. The normalized spacial score (nSPS) is 9.82. The Bertz CT molecular complexity index is 273. The Morgan fingerprint density at radius 1 is 1.55 bits per heavy atom. The van der Waals surface area contributed by atoms with Gasteiger partial charge in [0.15, 0.2) is 0 Å². The van der Waals surface area contributed by atoms with E-state index in [0.717, 1.165) is 0 Å². The van der Waals surface area contributed by atoms with E-state index >= 15 is 0 Å². The molecule has 1 aromatic rings. The number of methoxy groups -OCH3 is 1. The fourth-order valence-corrected chi connectivity index (χ4v) is 1.33. The molecule has 1 nitrogen and oxygen atoms in total.